The topological polar surface area (TPSA) is 54.2 Å². The number of nitrogens with two attached hydrogens (primary N) is 1. The number of likely N-dealkylation sites (tertiary alicyclic amines) is 1. The first-order valence-electron chi connectivity index (χ1n) is 8.46. The maximum absolute atomic E-state index is 6.28. The van der Waals surface area contributed by atoms with Crippen LogP contribution >= 0.6 is 0 Å². The van der Waals surface area contributed by atoms with Gasteiger partial charge in [0.2, 0.25) is 0 Å². The Morgan fingerprint density at radius 1 is 1.29 bits per heavy atom. The minimum absolute atomic E-state index is 0.240. The molecule has 2 heterocycles. The van der Waals surface area contributed by atoms with Gasteiger partial charge in [0.05, 0.1) is 6.04 Å². The second-order valence-electron chi connectivity index (χ2n) is 6.50. The van der Waals surface area contributed by atoms with Crippen LogP contribution in [0.15, 0.2) is 18.5 Å². The van der Waals surface area contributed by atoms with E-state index in [0.717, 1.165) is 12.2 Å². The van der Waals surface area contributed by atoms with Gasteiger partial charge in [0.25, 0.3) is 0 Å². The fourth-order valence-electron chi connectivity index (χ4n) is 4.39. The first-order chi connectivity index (χ1) is 10.3. The molecule has 0 spiro atoms. The van der Waals surface area contributed by atoms with Crippen LogP contribution in [0.2, 0.25) is 0 Å². The van der Waals surface area contributed by atoms with Gasteiger partial charge in [-0.2, -0.15) is 0 Å². The number of aromatic nitrogens is 1. The fourth-order valence-corrected chi connectivity index (χ4v) is 4.39. The fraction of sp³-hybridized carbons (Fsp3) is 0.706. The summed E-state index contributed by atoms with van der Waals surface area (Å²) in [5.74, 6) is 0. The van der Waals surface area contributed by atoms with Gasteiger partial charge in [0, 0.05) is 29.2 Å². The average molecular weight is 288 g/mol. The van der Waals surface area contributed by atoms with Crippen molar-refractivity contribution >= 4 is 5.69 Å². The molecule has 1 aliphatic heterocycles. The Balaban J connectivity index is 1.99. The molecule has 3 N–H and O–H groups in total. The maximum atomic E-state index is 6.28. The van der Waals surface area contributed by atoms with Crippen LogP contribution in [-0.2, 0) is 0 Å². The van der Waals surface area contributed by atoms with E-state index in [2.05, 4.69) is 22.1 Å². The van der Waals surface area contributed by atoms with Crippen LogP contribution in [0.3, 0.4) is 0 Å². The molecule has 1 atom stereocenters. The van der Waals surface area contributed by atoms with Crippen molar-refractivity contribution in [3.63, 3.8) is 0 Å². The number of anilines is 1. The highest BCUT2D eigenvalue weighted by Gasteiger charge is 2.47. The molecular weight excluding hydrogens is 260 g/mol. The van der Waals surface area contributed by atoms with Crippen LogP contribution in [0.4, 0.5) is 5.69 Å². The third-order valence-electron chi connectivity index (χ3n) is 5.35. The number of likely N-dealkylation sites (N-methyl/N-ethyl adjacent to an activating group) is 1. The van der Waals surface area contributed by atoms with Gasteiger partial charge in [-0.05, 0) is 51.4 Å². The summed E-state index contributed by atoms with van der Waals surface area (Å²) in [7, 11) is 0. The molecule has 1 saturated heterocycles. The average Bonchev–Trinajstić information content (AvgIpc) is 3.17. The molecule has 4 heteroatoms. The zero-order chi connectivity index (χ0) is 14.7. The minimum atomic E-state index is 0.240. The number of pyridine rings is 1. The molecule has 1 aromatic heterocycles. The van der Waals surface area contributed by atoms with Crippen molar-refractivity contribution in [2.75, 3.05) is 25.4 Å². The SMILES string of the molecule is CCNC(c1cnccc1N)C1(N2CCCC2)CCCC1. The van der Waals surface area contributed by atoms with Crippen molar-refractivity contribution in [2.24, 2.45) is 0 Å². The number of nitrogens with zero attached hydrogens (tertiary/aromatic N) is 2. The summed E-state index contributed by atoms with van der Waals surface area (Å²) in [5.41, 5.74) is 8.58. The molecule has 116 valence electrons. The van der Waals surface area contributed by atoms with Gasteiger partial charge in [-0.3, -0.25) is 9.88 Å². The van der Waals surface area contributed by atoms with E-state index in [9.17, 15) is 0 Å². The lowest BCUT2D eigenvalue weighted by atomic mass is 9.82. The predicted octanol–water partition coefficient (Wildman–Crippen LogP) is 2.72. The van der Waals surface area contributed by atoms with Gasteiger partial charge < -0.3 is 11.1 Å². The van der Waals surface area contributed by atoms with Gasteiger partial charge in [0.15, 0.2) is 0 Å². The molecule has 0 radical (unpaired) electrons. The van der Waals surface area contributed by atoms with Gasteiger partial charge in [0.1, 0.15) is 0 Å². The molecule has 0 bridgehead atoms. The monoisotopic (exact) mass is 288 g/mol. The lowest BCUT2D eigenvalue weighted by Crippen LogP contribution is -2.54. The van der Waals surface area contributed by atoms with Gasteiger partial charge in [-0.15, -0.1) is 0 Å². The van der Waals surface area contributed by atoms with Crippen LogP contribution in [0.25, 0.3) is 0 Å². The van der Waals surface area contributed by atoms with E-state index in [1.165, 1.54) is 57.2 Å². The molecule has 21 heavy (non-hydrogen) atoms. The molecule has 0 amide bonds. The van der Waals surface area contributed by atoms with Crippen molar-refractivity contribution in [3.05, 3.63) is 24.0 Å². The zero-order valence-corrected chi connectivity index (χ0v) is 13.1. The number of hydrogen-bond donors (Lipinski definition) is 2. The minimum Gasteiger partial charge on any atom is -0.398 e. The molecule has 4 nitrogen and oxygen atoms in total. The van der Waals surface area contributed by atoms with Crippen LogP contribution in [0, 0.1) is 0 Å². The zero-order valence-electron chi connectivity index (χ0n) is 13.1. The lowest BCUT2D eigenvalue weighted by Gasteiger charge is -2.46. The third-order valence-corrected chi connectivity index (χ3v) is 5.35. The smallest absolute Gasteiger partial charge is 0.0543 e. The van der Waals surface area contributed by atoms with E-state index in [1.54, 1.807) is 6.20 Å². The Hall–Kier alpha value is -1.13. The molecule has 1 aromatic rings. The van der Waals surface area contributed by atoms with Gasteiger partial charge in [-0.1, -0.05) is 19.8 Å². The second kappa shape index (κ2) is 6.32. The van der Waals surface area contributed by atoms with Crippen molar-refractivity contribution in [3.8, 4) is 0 Å². The molecule has 1 saturated carbocycles. The van der Waals surface area contributed by atoms with E-state index in [4.69, 9.17) is 5.73 Å². The van der Waals surface area contributed by atoms with E-state index >= 15 is 0 Å². The summed E-state index contributed by atoms with van der Waals surface area (Å²) in [6.45, 7) is 5.63. The predicted molar refractivity (Wildman–Crippen MR) is 87.1 cm³/mol. The number of rotatable bonds is 5. The summed E-state index contributed by atoms with van der Waals surface area (Å²) >= 11 is 0. The summed E-state index contributed by atoms with van der Waals surface area (Å²) in [4.78, 5) is 7.08. The highest BCUT2D eigenvalue weighted by Crippen LogP contribution is 2.46. The van der Waals surface area contributed by atoms with Crippen molar-refractivity contribution in [1.82, 2.24) is 15.2 Å². The van der Waals surface area contributed by atoms with E-state index in [1.807, 2.05) is 12.3 Å². The Morgan fingerprint density at radius 2 is 2.00 bits per heavy atom. The third kappa shape index (κ3) is 2.67. The summed E-state index contributed by atoms with van der Waals surface area (Å²) in [6, 6.07) is 2.24. The van der Waals surface area contributed by atoms with Crippen molar-refractivity contribution in [1.29, 1.82) is 0 Å². The van der Waals surface area contributed by atoms with Gasteiger partial charge >= 0.3 is 0 Å². The largest absolute Gasteiger partial charge is 0.398 e. The molecule has 0 aromatic carbocycles. The molecule has 1 aliphatic carbocycles. The Labute approximate surface area is 128 Å². The first-order valence-corrected chi connectivity index (χ1v) is 8.46. The Morgan fingerprint density at radius 3 is 2.62 bits per heavy atom. The van der Waals surface area contributed by atoms with E-state index in [-0.39, 0.29) is 5.54 Å². The number of hydrogen-bond acceptors (Lipinski definition) is 4. The lowest BCUT2D eigenvalue weighted by molar-refractivity contribution is 0.0772. The van der Waals surface area contributed by atoms with Crippen LogP contribution < -0.4 is 11.1 Å². The highest BCUT2D eigenvalue weighted by atomic mass is 15.2. The van der Waals surface area contributed by atoms with Crippen LogP contribution in [0.5, 0.6) is 0 Å². The molecule has 2 fully saturated rings. The quantitative estimate of drug-likeness (QED) is 0.875. The summed E-state index contributed by atoms with van der Waals surface area (Å²) in [6.07, 6.45) is 11.7. The van der Waals surface area contributed by atoms with E-state index < -0.39 is 0 Å². The number of nitrogen functional groups attached to an aromatic ring is 1. The molecule has 2 aliphatic rings. The Kier molecular flexibility index (Phi) is 4.45. The first kappa shape index (κ1) is 14.8. The van der Waals surface area contributed by atoms with E-state index in [0.29, 0.717) is 6.04 Å². The highest BCUT2D eigenvalue weighted by molar-refractivity contribution is 5.47. The summed E-state index contributed by atoms with van der Waals surface area (Å²) < 4.78 is 0. The normalized spacial score (nSPS) is 23.5. The van der Waals surface area contributed by atoms with Gasteiger partial charge in [-0.25, -0.2) is 0 Å². The standard InChI is InChI=1S/C17H28N4/c1-2-20-16(14-13-19-10-7-15(14)18)17(8-3-4-9-17)21-11-5-6-12-21/h7,10,13,16,20H,2-6,8-9,11-12H2,1H3,(H2,18,19). The Bertz CT molecular complexity index is 462. The maximum Gasteiger partial charge on any atom is 0.0543 e. The molecule has 3 rings (SSSR count). The number of nitrogens with one attached hydrogen (secondary N) is 1. The van der Waals surface area contributed by atoms with Crippen molar-refractivity contribution < 1.29 is 0 Å². The molecular formula is C17H28N4. The van der Waals surface area contributed by atoms with Crippen molar-refractivity contribution in [2.45, 2.75) is 57.0 Å². The van der Waals surface area contributed by atoms with Crippen LogP contribution in [-0.4, -0.2) is 35.1 Å². The molecule has 1 unspecified atom stereocenters. The second-order valence-corrected chi connectivity index (χ2v) is 6.50. The van der Waals surface area contributed by atoms with Crippen LogP contribution in [0.1, 0.15) is 57.1 Å². The summed E-state index contributed by atoms with van der Waals surface area (Å²) in [5, 5.41) is 3.74.